The number of carbonyl (C=O) groups is 2. The highest BCUT2D eigenvalue weighted by atomic mass is 16.4. The Hall–Kier alpha value is -1.14. The van der Waals surface area contributed by atoms with E-state index in [9.17, 15) is 9.59 Å². The summed E-state index contributed by atoms with van der Waals surface area (Å²) in [6, 6.07) is -0.813. The lowest BCUT2D eigenvalue weighted by Gasteiger charge is -2.19. The van der Waals surface area contributed by atoms with Crippen LogP contribution in [0.2, 0.25) is 0 Å². The first kappa shape index (κ1) is 10.9. The highest BCUT2D eigenvalue weighted by Gasteiger charge is 2.22. The first-order chi connectivity index (χ1) is 5.49. The van der Waals surface area contributed by atoms with Crippen LogP contribution in [0.5, 0.6) is 0 Å². The second-order valence-electron chi connectivity index (χ2n) is 2.39. The summed E-state index contributed by atoms with van der Waals surface area (Å²) >= 11 is 0. The highest BCUT2D eigenvalue weighted by molar-refractivity contribution is 5.85. The third-order valence-electron chi connectivity index (χ3n) is 1.41. The van der Waals surface area contributed by atoms with Gasteiger partial charge in [-0.25, -0.2) is 5.01 Å². The van der Waals surface area contributed by atoms with Crippen molar-refractivity contribution in [2.24, 2.45) is 5.84 Å². The second kappa shape index (κ2) is 4.68. The molecule has 12 heavy (non-hydrogen) atoms. The number of likely N-dealkylation sites (N-methyl/N-ethyl adjacent to an activating group) is 2. The van der Waals surface area contributed by atoms with E-state index in [1.807, 2.05) is 0 Å². The van der Waals surface area contributed by atoms with E-state index in [2.05, 4.69) is 5.32 Å². The topological polar surface area (TPSA) is 95.7 Å². The number of nitrogens with two attached hydrogens (primary N) is 1. The van der Waals surface area contributed by atoms with Gasteiger partial charge >= 0.3 is 5.97 Å². The van der Waals surface area contributed by atoms with Gasteiger partial charge in [-0.05, 0) is 0 Å². The van der Waals surface area contributed by atoms with Gasteiger partial charge in [0.2, 0.25) is 5.91 Å². The van der Waals surface area contributed by atoms with Gasteiger partial charge in [0.1, 0.15) is 6.04 Å². The van der Waals surface area contributed by atoms with Gasteiger partial charge in [-0.3, -0.25) is 15.4 Å². The molecule has 1 unspecified atom stereocenters. The van der Waals surface area contributed by atoms with Crippen molar-refractivity contribution in [1.29, 1.82) is 0 Å². The van der Waals surface area contributed by atoms with Crippen molar-refractivity contribution in [1.82, 2.24) is 10.3 Å². The molecule has 6 heteroatoms. The predicted octanol–water partition coefficient (Wildman–Crippen LogP) is -1.62. The number of hydrazine groups is 1. The lowest BCUT2D eigenvalue weighted by Crippen LogP contribution is -2.48. The van der Waals surface area contributed by atoms with Crippen LogP contribution in [-0.2, 0) is 9.59 Å². The van der Waals surface area contributed by atoms with Crippen molar-refractivity contribution in [3.05, 3.63) is 0 Å². The minimum Gasteiger partial charge on any atom is -0.481 e. The standard InChI is InChI=1S/C6H13N3O3/c1-8-6(12)4(9(2)7)3-5(10)11/h4H,3,7H2,1-2H3,(H,8,12)(H,10,11). The summed E-state index contributed by atoms with van der Waals surface area (Å²) < 4.78 is 0. The SMILES string of the molecule is CNC(=O)C(CC(=O)O)N(C)N. The van der Waals surface area contributed by atoms with E-state index in [-0.39, 0.29) is 6.42 Å². The number of carbonyl (C=O) groups excluding carboxylic acids is 1. The Morgan fingerprint density at radius 1 is 1.67 bits per heavy atom. The number of carboxylic acids is 1. The van der Waals surface area contributed by atoms with Crippen LogP contribution in [0.1, 0.15) is 6.42 Å². The molecule has 0 heterocycles. The van der Waals surface area contributed by atoms with E-state index in [0.29, 0.717) is 0 Å². The van der Waals surface area contributed by atoms with E-state index in [0.717, 1.165) is 5.01 Å². The van der Waals surface area contributed by atoms with Crippen LogP contribution in [0.4, 0.5) is 0 Å². The molecule has 0 aromatic heterocycles. The number of nitrogens with zero attached hydrogens (tertiary/aromatic N) is 1. The smallest absolute Gasteiger partial charge is 0.305 e. The number of aliphatic carboxylic acids is 1. The van der Waals surface area contributed by atoms with Crippen molar-refractivity contribution >= 4 is 11.9 Å². The largest absolute Gasteiger partial charge is 0.481 e. The van der Waals surface area contributed by atoms with Crippen LogP contribution in [0.25, 0.3) is 0 Å². The molecule has 0 bridgehead atoms. The van der Waals surface area contributed by atoms with Crippen molar-refractivity contribution in [3.8, 4) is 0 Å². The number of nitrogens with one attached hydrogen (secondary N) is 1. The number of carboxylic acid groups (broad SMARTS) is 1. The zero-order valence-electron chi connectivity index (χ0n) is 7.07. The van der Waals surface area contributed by atoms with Crippen molar-refractivity contribution in [3.63, 3.8) is 0 Å². The molecule has 0 aromatic rings. The second-order valence-corrected chi connectivity index (χ2v) is 2.39. The van der Waals surface area contributed by atoms with E-state index in [1.54, 1.807) is 0 Å². The fourth-order valence-electron chi connectivity index (χ4n) is 0.754. The molecule has 1 atom stereocenters. The van der Waals surface area contributed by atoms with Gasteiger partial charge in [0.15, 0.2) is 0 Å². The van der Waals surface area contributed by atoms with Crippen molar-refractivity contribution in [2.45, 2.75) is 12.5 Å². The van der Waals surface area contributed by atoms with Gasteiger partial charge in [-0.2, -0.15) is 0 Å². The fraction of sp³-hybridized carbons (Fsp3) is 0.667. The Balaban J connectivity index is 4.23. The van der Waals surface area contributed by atoms with Crippen molar-refractivity contribution < 1.29 is 14.7 Å². The minimum absolute atomic E-state index is 0.299. The van der Waals surface area contributed by atoms with E-state index in [1.165, 1.54) is 14.1 Å². The molecule has 0 saturated carbocycles. The van der Waals surface area contributed by atoms with Crippen LogP contribution in [-0.4, -0.2) is 42.1 Å². The molecule has 0 spiro atoms. The van der Waals surface area contributed by atoms with Gasteiger partial charge in [-0.15, -0.1) is 0 Å². The maximum absolute atomic E-state index is 11.0. The van der Waals surface area contributed by atoms with Crippen molar-refractivity contribution in [2.75, 3.05) is 14.1 Å². The molecule has 0 fully saturated rings. The van der Waals surface area contributed by atoms with Crippen LogP contribution in [0.15, 0.2) is 0 Å². The molecular weight excluding hydrogens is 162 g/mol. The Bertz CT molecular complexity index is 181. The molecule has 0 aliphatic rings. The fourth-order valence-corrected chi connectivity index (χ4v) is 0.754. The molecule has 4 N–H and O–H groups in total. The van der Waals surface area contributed by atoms with Crippen LogP contribution in [0.3, 0.4) is 0 Å². The Morgan fingerprint density at radius 3 is 2.42 bits per heavy atom. The van der Waals surface area contributed by atoms with Gasteiger partial charge < -0.3 is 10.4 Å². The number of amides is 1. The molecule has 70 valence electrons. The quantitative estimate of drug-likeness (QED) is 0.352. The monoisotopic (exact) mass is 175 g/mol. The van der Waals surface area contributed by atoms with Crippen LogP contribution < -0.4 is 11.2 Å². The van der Waals surface area contributed by atoms with Gasteiger partial charge in [0.05, 0.1) is 6.42 Å². The summed E-state index contributed by atoms with van der Waals surface area (Å²) in [6.07, 6.45) is -0.299. The Morgan fingerprint density at radius 2 is 2.17 bits per heavy atom. The summed E-state index contributed by atoms with van der Waals surface area (Å²) in [6.45, 7) is 0. The molecule has 0 rings (SSSR count). The molecular formula is C6H13N3O3. The summed E-state index contributed by atoms with van der Waals surface area (Å²) in [5.41, 5.74) is 0. The zero-order chi connectivity index (χ0) is 9.72. The summed E-state index contributed by atoms with van der Waals surface area (Å²) in [5, 5.41) is 11.8. The third kappa shape index (κ3) is 3.31. The summed E-state index contributed by atoms with van der Waals surface area (Å²) in [7, 11) is 2.88. The third-order valence-corrected chi connectivity index (χ3v) is 1.41. The molecule has 0 aliphatic heterocycles. The maximum Gasteiger partial charge on any atom is 0.305 e. The number of hydrogen-bond donors (Lipinski definition) is 3. The van der Waals surface area contributed by atoms with Crippen LogP contribution >= 0.6 is 0 Å². The molecule has 0 aromatic carbocycles. The summed E-state index contributed by atoms with van der Waals surface area (Å²) in [5.74, 6) is 3.82. The lowest BCUT2D eigenvalue weighted by molar-refractivity contribution is -0.141. The number of hydrogen-bond acceptors (Lipinski definition) is 4. The zero-order valence-corrected chi connectivity index (χ0v) is 7.07. The van der Waals surface area contributed by atoms with Gasteiger partial charge in [0, 0.05) is 14.1 Å². The van der Waals surface area contributed by atoms with E-state index < -0.39 is 17.9 Å². The van der Waals surface area contributed by atoms with Crippen LogP contribution in [0, 0.1) is 0 Å². The average Bonchev–Trinajstić information content (AvgIpc) is 1.98. The molecule has 0 radical (unpaired) electrons. The normalized spacial score (nSPS) is 12.7. The Labute approximate surface area is 70.3 Å². The number of rotatable bonds is 4. The Kier molecular flexibility index (Phi) is 4.24. The van der Waals surface area contributed by atoms with E-state index in [4.69, 9.17) is 10.9 Å². The molecule has 1 amide bonds. The summed E-state index contributed by atoms with van der Waals surface area (Å²) in [4.78, 5) is 21.3. The van der Waals surface area contributed by atoms with Gasteiger partial charge in [0.25, 0.3) is 0 Å². The lowest BCUT2D eigenvalue weighted by atomic mass is 10.2. The average molecular weight is 175 g/mol. The van der Waals surface area contributed by atoms with E-state index >= 15 is 0 Å². The first-order valence-corrected chi connectivity index (χ1v) is 3.40. The first-order valence-electron chi connectivity index (χ1n) is 3.40. The van der Waals surface area contributed by atoms with Gasteiger partial charge in [-0.1, -0.05) is 0 Å². The molecule has 0 saturated heterocycles. The minimum atomic E-state index is -1.05. The highest BCUT2D eigenvalue weighted by Crippen LogP contribution is 1.97. The maximum atomic E-state index is 11.0. The predicted molar refractivity (Wildman–Crippen MR) is 42.1 cm³/mol. The molecule has 6 nitrogen and oxygen atoms in total. The molecule has 0 aliphatic carbocycles.